The third-order valence-electron chi connectivity index (χ3n) is 5.24. The minimum absolute atomic E-state index is 0.157. The van der Waals surface area contributed by atoms with E-state index in [4.69, 9.17) is 9.47 Å². The van der Waals surface area contributed by atoms with Crippen molar-refractivity contribution in [1.82, 2.24) is 19.0 Å². The molecule has 0 spiro atoms. The largest absolute Gasteiger partial charge is 0.454 e. The van der Waals surface area contributed by atoms with Crippen molar-refractivity contribution in [1.29, 1.82) is 0 Å². The summed E-state index contributed by atoms with van der Waals surface area (Å²) in [5, 5.41) is 4.39. The van der Waals surface area contributed by atoms with Gasteiger partial charge < -0.3 is 14.4 Å². The van der Waals surface area contributed by atoms with Gasteiger partial charge in [0.25, 0.3) is 5.56 Å². The van der Waals surface area contributed by atoms with Crippen LogP contribution in [0.2, 0.25) is 0 Å². The normalized spacial score (nSPS) is 17.7. The molecule has 1 aromatic carbocycles. The van der Waals surface area contributed by atoms with E-state index in [-0.39, 0.29) is 38.9 Å². The van der Waals surface area contributed by atoms with Crippen molar-refractivity contribution in [3.05, 3.63) is 40.7 Å². The maximum absolute atomic E-state index is 12.9. The zero-order valence-corrected chi connectivity index (χ0v) is 17.5. The van der Waals surface area contributed by atoms with Crippen LogP contribution < -0.4 is 15.0 Å². The number of hydrogen-bond acceptors (Lipinski definition) is 7. The van der Waals surface area contributed by atoms with Crippen molar-refractivity contribution in [2.45, 2.75) is 13.0 Å². The number of rotatable bonds is 4. The van der Waals surface area contributed by atoms with Gasteiger partial charge in [-0.1, -0.05) is 0 Å². The number of fused-ring (bicyclic) bond motifs is 1. The minimum atomic E-state index is -3.29. The first-order valence-corrected chi connectivity index (χ1v) is 11.3. The van der Waals surface area contributed by atoms with Gasteiger partial charge in [0.15, 0.2) is 11.5 Å². The molecule has 1 aromatic heterocycles. The predicted molar refractivity (Wildman–Crippen MR) is 108 cm³/mol. The first-order valence-electron chi connectivity index (χ1n) is 9.48. The second-order valence-corrected chi connectivity index (χ2v) is 9.22. The number of piperazine rings is 1. The number of nitrogens with zero attached hydrogens (tertiary/aromatic N) is 4. The summed E-state index contributed by atoms with van der Waals surface area (Å²) >= 11 is 0. The molecule has 0 saturated carbocycles. The summed E-state index contributed by atoms with van der Waals surface area (Å²) in [6, 6.07) is 7.50. The Morgan fingerprint density at radius 2 is 1.77 bits per heavy atom. The fourth-order valence-electron chi connectivity index (χ4n) is 3.52. The summed E-state index contributed by atoms with van der Waals surface area (Å²) in [5.41, 5.74) is 0.860. The molecular formula is C19H22N4O6S. The second-order valence-electron chi connectivity index (χ2n) is 7.23. The summed E-state index contributed by atoms with van der Waals surface area (Å²) in [7, 11) is -3.29. The Labute approximate surface area is 173 Å². The Morgan fingerprint density at radius 1 is 1.07 bits per heavy atom. The van der Waals surface area contributed by atoms with Crippen LogP contribution >= 0.6 is 0 Å². The molecule has 30 heavy (non-hydrogen) atoms. The van der Waals surface area contributed by atoms with Crippen molar-refractivity contribution in [3.8, 4) is 22.8 Å². The SMILES string of the molecule is CC(C(=O)N1CCN(S(C)(=O)=O)CC1)n1nc(-c2ccc3c(c2)OCO3)ccc1=O. The lowest BCUT2D eigenvalue weighted by Crippen LogP contribution is -2.52. The third-order valence-corrected chi connectivity index (χ3v) is 6.54. The fourth-order valence-corrected chi connectivity index (χ4v) is 4.35. The second kappa shape index (κ2) is 7.73. The van der Waals surface area contributed by atoms with Crippen LogP contribution in [0.1, 0.15) is 13.0 Å². The molecule has 0 N–H and O–H groups in total. The average Bonchev–Trinajstić information content (AvgIpc) is 3.20. The van der Waals surface area contributed by atoms with E-state index in [2.05, 4.69) is 5.10 Å². The van der Waals surface area contributed by atoms with E-state index in [9.17, 15) is 18.0 Å². The smallest absolute Gasteiger partial charge is 0.267 e. The quantitative estimate of drug-likeness (QED) is 0.681. The van der Waals surface area contributed by atoms with E-state index >= 15 is 0 Å². The van der Waals surface area contributed by atoms with E-state index in [1.165, 1.54) is 10.4 Å². The molecule has 1 atom stereocenters. The average molecular weight is 434 g/mol. The highest BCUT2D eigenvalue weighted by molar-refractivity contribution is 7.88. The minimum Gasteiger partial charge on any atom is -0.454 e. The lowest BCUT2D eigenvalue weighted by atomic mass is 10.1. The first-order chi connectivity index (χ1) is 14.2. The standard InChI is InChI=1S/C19H22N4O6S/c1-13(19(25)21-7-9-22(10-8-21)30(2,26)27)23-18(24)6-4-15(20-23)14-3-5-16-17(11-14)29-12-28-16/h3-6,11,13H,7-10,12H2,1-2H3. The van der Waals surface area contributed by atoms with Gasteiger partial charge in [0, 0.05) is 37.8 Å². The van der Waals surface area contributed by atoms with Gasteiger partial charge in [-0.15, -0.1) is 0 Å². The molecule has 0 bridgehead atoms. The molecule has 10 nitrogen and oxygen atoms in total. The molecule has 3 heterocycles. The number of amides is 1. The fraction of sp³-hybridized carbons (Fsp3) is 0.421. The summed E-state index contributed by atoms with van der Waals surface area (Å²) < 4.78 is 36.5. The van der Waals surface area contributed by atoms with Crippen molar-refractivity contribution >= 4 is 15.9 Å². The highest BCUT2D eigenvalue weighted by Gasteiger charge is 2.30. The summed E-state index contributed by atoms with van der Waals surface area (Å²) in [5.74, 6) is 0.962. The number of carbonyl (C=O) groups is 1. The van der Waals surface area contributed by atoms with Crippen LogP contribution in [0.25, 0.3) is 11.3 Å². The van der Waals surface area contributed by atoms with Crippen LogP contribution in [0.15, 0.2) is 35.1 Å². The molecular weight excluding hydrogens is 412 g/mol. The lowest BCUT2D eigenvalue weighted by Gasteiger charge is -2.34. The van der Waals surface area contributed by atoms with E-state index in [1.54, 1.807) is 30.0 Å². The maximum atomic E-state index is 12.9. The van der Waals surface area contributed by atoms with Gasteiger partial charge in [0.2, 0.25) is 22.7 Å². The maximum Gasteiger partial charge on any atom is 0.267 e. The first kappa shape index (κ1) is 20.4. The summed E-state index contributed by atoms with van der Waals surface area (Å²) in [6.07, 6.45) is 1.15. The van der Waals surface area contributed by atoms with Crippen molar-refractivity contribution in [3.63, 3.8) is 0 Å². The Morgan fingerprint density at radius 3 is 2.47 bits per heavy atom. The van der Waals surface area contributed by atoms with Crippen LogP contribution in [-0.2, 0) is 14.8 Å². The Kier molecular flexibility index (Phi) is 5.24. The van der Waals surface area contributed by atoms with Crippen LogP contribution in [0.4, 0.5) is 0 Å². The van der Waals surface area contributed by atoms with E-state index in [0.29, 0.717) is 17.2 Å². The zero-order chi connectivity index (χ0) is 21.5. The van der Waals surface area contributed by atoms with Crippen LogP contribution in [0.3, 0.4) is 0 Å². The van der Waals surface area contributed by atoms with Crippen molar-refractivity contribution in [2.75, 3.05) is 39.2 Å². The Balaban J connectivity index is 1.54. The molecule has 2 aromatic rings. The monoisotopic (exact) mass is 434 g/mol. The Bertz CT molecular complexity index is 1140. The van der Waals surface area contributed by atoms with Crippen LogP contribution in [0, 0.1) is 0 Å². The highest BCUT2D eigenvalue weighted by Crippen LogP contribution is 2.35. The molecule has 2 aliphatic rings. The lowest BCUT2D eigenvalue weighted by molar-refractivity contribution is -0.135. The van der Waals surface area contributed by atoms with Crippen molar-refractivity contribution < 1.29 is 22.7 Å². The zero-order valence-electron chi connectivity index (χ0n) is 16.6. The Hall–Kier alpha value is -2.92. The van der Waals surface area contributed by atoms with Gasteiger partial charge in [-0.05, 0) is 31.2 Å². The van der Waals surface area contributed by atoms with E-state index in [0.717, 1.165) is 16.5 Å². The van der Waals surface area contributed by atoms with Gasteiger partial charge in [-0.25, -0.2) is 13.1 Å². The summed E-state index contributed by atoms with van der Waals surface area (Å²) in [4.78, 5) is 26.9. The molecule has 11 heteroatoms. The number of carbonyl (C=O) groups excluding carboxylic acids is 1. The van der Waals surface area contributed by atoms with Gasteiger partial charge >= 0.3 is 0 Å². The molecule has 4 rings (SSSR count). The molecule has 1 unspecified atom stereocenters. The molecule has 1 saturated heterocycles. The molecule has 2 aliphatic heterocycles. The topological polar surface area (TPSA) is 111 Å². The molecule has 0 radical (unpaired) electrons. The van der Waals surface area contributed by atoms with Gasteiger partial charge in [-0.3, -0.25) is 9.59 Å². The molecule has 1 amide bonds. The highest BCUT2D eigenvalue weighted by atomic mass is 32.2. The third kappa shape index (κ3) is 3.90. The number of hydrogen-bond donors (Lipinski definition) is 0. The van der Waals surface area contributed by atoms with Gasteiger partial charge in [0.1, 0.15) is 6.04 Å². The van der Waals surface area contributed by atoms with Crippen molar-refractivity contribution in [2.24, 2.45) is 0 Å². The molecule has 1 fully saturated rings. The number of aromatic nitrogens is 2. The summed E-state index contributed by atoms with van der Waals surface area (Å²) in [6.45, 7) is 2.78. The number of ether oxygens (including phenoxy) is 2. The molecule has 0 aliphatic carbocycles. The van der Waals surface area contributed by atoms with Crippen LogP contribution in [0.5, 0.6) is 11.5 Å². The number of benzene rings is 1. The van der Waals surface area contributed by atoms with E-state index in [1.807, 2.05) is 6.07 Å². The predicted octanol–water partition coefficient (Wildman–Crippen LogP) is 0.304. The van der Waals surface area contributed by atoms with Gasteiger partial charge in [-0.2, -0.15) is 9.40 Å². The molecule has 160 valence electrons. The van der Waals surface area contributed by atoms with Crippen LogP contribution in [-0.4, -0.2) is 72.5 Å². The number of sulfonamides is 1. The van der Waals surface area contributed by atoms with E-state index < -0.39 is 21.6 Å². The van der Waals surface area contributed by atoms with Gasteiger partial charge in [0.05, 0.1) is 11.9 Å².